The molecule has 0 aliphatic rings. The first-order chi connectivity index (χ1) is 6.33. The Morgan fingerprint density at radius 2 is 2.15 bits per heavy atom. The minimum atomic E-state index is -0.731. The third-order valence-corrected chi connectivity index (χ3v) is 1.91. The van der Waals surface area contributed by atoms with Crippen molar-refractivity contribution in [3.05, 3.63) is 40.9 Å². The Morgan fingerprint density at radius 3 is 2.92 bits per heavy atom. The molecule has 4 heteroatoms. The molecule has 0 aliphatic heterocycles. The molecule has 0 saturated heterocycles. The number of nitrogens with one attached hydrogen (secondary N) is 1. The number of hydrogen-bond acceptors (Lipinski definition) is 2. The number of nitrogens with zero attached hydrogens (tertiary/aromatic N) is 1. The molecule has 1 amide bonds. The van der Waals surface area contributed by atoms with Crippen LogP contribution in [0.15, 0.2) is 35.6 Å². The molecule has 13 heavy (non-hydrogen) atoms. The standard InChI is InChI=1S/C9H6N2O2/c12-9(11-13)7-2-1-3-8-6(7)4-5-10-8/h1-5,10H. The number of rotatable bonds is 1. The van der Waals surface area contributed by atoms with Crippen LogP contribution in [0.2, 0.25) is 0 Å². The molecule has 1 aromatic heterocycles. The van der Waals surface area contributed by atoms with Gasteiger partial charge in [0, 0.05) is 22.3 Å². The summed E-state index contributed by atoms with van der Waals surface area (Å²) < 4.78 is 0. The van der Waals surface area contributed by atoms with Gasteiger partial charge in [-0.05, 0) is 18.2 Å². The summed E-state index contributed by atoms with van der Waals surface area (Å²) in [4.78, 5) is 24.0. The third-order valence-electron chi connectivity index (χ3n) is 1.91. The van der Waals surface area contributed by atoms with Gasteiger partial charge in [0.25, 0.3) is 0 Å². The number of fused-ring (bicyclic) bond motifs is 1. The molecule has 4 nitrogen and oxygen atoms in total. The van der Waals surface area contributed by atoms with E-state index in [4.69, 9.17) is 0 Å². The van der Waals surface area contributed by atoms with Crippen molar-refractivity contribution >= 4 is 16.8 Å². The maximum atomic E-state index is 11.0. The van der Waals surface area contributed by atoms with Crippen molar-refractivity contribution in [3.8, 4) is 0 Å². The number of carbonyl (C=O) groups is 1. The molecule has 0 atom stereocenters. The van der Waals surface area contributed by atoms with Crippen LogP contribution in [0.25, 0.3) is 10.9 Å². The van der Waals surface area contributed by atoms with Crippen LogP contribution in [0.4, 0.5) is 0 Å². The lowest BCUT2D eigenvalue weighted by atomic mass is 10.1. The van der Waals surface area contributed by atoms with Crippen molar-refractivity contribution in [2.24, 2.45) is 5.18 Å². The largest absolute Gasteiger partial charge is 0.361 e. The molecule has 0 unspecified atom stereocenters. The number of nitroso groups, excluding NO2 is 1. The average molecular weight is 174 g/mol. The molecule has 1 N–H and O–H groups in total. The highest BCUT2D eigenvalue weighted by molar-refractivity contribution is 6.06. The first-order valence-corrected chi connectivity index (χ1v) is 3.77. The second-order valence-electron chi connectivity index (χ2n) is 2.64. The van der Waals surface area contributed by atoms with E-state index in [1.165, 1.54) is 0 Å². The second-order valence-corrected chi connectivity index (χ2v) is 2.64. The van der Waals surface area contributed by atoms with Crippen molar-refractivity contribution < 1.29 is 4.79 Å². The van der Waals surface area contributed by atoms with Gasteiger partial charge in [-0.2, -0.15) is 0 Å². The Bertz CT molecular complexity index is 473. The Morgan fingerprint density at radius 1 is 1.31 bits per heavy atom. The van der Waals surface area contributed by atoms with E-state index in [1.54, 1.807) is 24.4 Å². The average Bonchev–Trinajstić information content (AvgIpc) is 2.63. The molecule has 1 heterocycles. The van der Waals surface area contributed by atoms with Gasteiger partial charge in [0.15, 0.2) is 0 Å². The summed E-state index contributed by atoms with van der Waals surface area (Å²) in [5.74, 6) is -0.731. The van der Waals surface area contributed by atoms with Crippen molar-refractivity contribution in [2.45, 2.75) is 0 Å². The Balaban J connectivity index is 2.74. The van der Waals surface area contributed by atoms with Gasteiger partial charge in [-0.3, -0.25) is 4.79 Å². The number of H-pyrrole nitrogens is 1. The van der Waals surface area contributed by atoms with Crippen LogP contribution in [0, 0.1) is 4.91 Å². The highest BCUT2D eigenvalue weighted by Crippen LogP contribution is 2.17. The van der Waals surface area contributed by atoms with Crippen LogP contribution in [0.5, 0.6) is 0 Å². The smallest absolute Gasteiger partial charge is 0.317 e. The zero-order valence-electron chi connectivity index (χ0n) is 6.65. The van der Waals surface area contributed by atoms with E-state index < -0.39 is 5.91 Å². The summed E-state index contributed by atoms with van der Waals surface area (Å²) >= 11 is 0. The molecular formula is C9H6N2O2. The number of hydrogen-bond donors (Lipinski definition) is 1. The summed E-state index contributed by atoms with van der Waals surface area (Å²) in [5, 5.41) is 3.11. The SMILES string of the molecule is O=NC(=O)c1cccc2[nH]ccc12. The van der Waals surface area contributed by atoms with Crippen LogP contribution >= 0.6 is 0 Å². The third kappa shape index (κ3) is 1.12. The molecule has 0 fully saturated rings. The van der Waals surface area contributed by atoms with Gasteiger partial charge in [-0.25, -0.2) is 0 Å². The minimum absolute atomic E-state index is 0.341. The van der Waals surface area contributed by atoms with Crippen LogP contribution in [0.3, 0.4) is 0 Å². The molecule has 0 saturated carbocycles. The molecule has 64 valence electrons. The van der Waals surface area contributed by atoms with Crippen molar-refractivity contribution in [3.63, 3.8) is 0 Å². The number of amides is 1. The van der Waals surface area contributed by atoms with E-state index in [-0.39, 0.29) is 0 Å². The first-order valence-electron chi connectivity index (χ1n) is 3.77. The molecule has 2 rings (SSSR count). The predicted molar refractivity (Wildman–Crippen MR) is 48.4 cm³/mol. The highest BCUT2D eigenvalue weighted by atomic mass is 16.3. The zero-order chi connectivity index (χ0) is 9.26. The Hall–Kier alpha value is -1.97. The maximum Gasteiger partial charge on any atom is 0.317 e. The Labute approximate surface area is 73.5 Å². The van der Waals surface area contributed by atoms with Crippen LogP contribution in [-0.2, 0) is 0 Å². The van der Waals surface area contributed by atoms with E-state index in [2.05, 4.69) is 10.2 Å². The van der Waals surface area contributed by atoms with E-state index in [0.717, 1.165) is 10.9 Å². The minimum Gasteiger partial charge on any atom is -0.361 e. The fourth-order valence-corrected chi connectivity index (χ4v) is 1.32. The number of aromatic nitrogens is 1. The van der Waals surface area contributed by atoms with Crippen molar-refractivity contribution in [1.82, 2.24) is 4.98 Å². The number of benzene rings is 1. The van der Waals surface area contributed by atoms with E-state index in [1.807, 2.05) is 6.07 Å². The lowest BCUT2D eigenvalue weighted by molar-refractivity contribution is 0.100. The fraction of sp³-hybridized carbons (Fsp3) is 0. The van der Waals surface area contributed by atoms with E-state index in [9.17, 15) is 9.70 Å². The van der Waals surface area contributed by atoms with Crippen molar-refractivity contribution in [1.29, 1.82) is 0 Å². The van der Waals surface area contributed by atoms with Crippen LogP contribution in [-0.4, -0.2) is 10.9 Å². The summed E-state index contributed by atoms with van der Waals surface area (Å²) in [5.41, 5.74) is 1.17. The molecule has 2 aromatic rings. The summed E-state index contributed by atoms with van der Waals surface area (Å²) in [6.07, 6.45) is 1.71. The van der Waals surface area contributed by atoms with Crippen LogP contribution in [0.1, 0.15) is 10.4 Å². The highest BCUT2D eigenvalue weighted by Gasteiger charge is 2.09. The van der Waals surface area contributed by atoms with E-state index in [0.29, 0.717) is 5.56 Å². The molecule has 1 aromatic carbocycles. The van der Waals surface area contributed by atoms with Gasteiger partial charge in [0.2, 0.25) is 0 Å². The lowest BCUT2D eigenvalue weighted by Gasteiger charge is -1.94. The monoisotopic (exact) mass is 174 g/mol. The predicted octanol–water partition coefficient (Wildman–Crippen LogP) is 2.07. The molecule has 0 aliphatic carbocycles. The van der Waals surface area contributed by atoms with Gasteiger partial charge in [0.05, 0.1) is 5.56 Å². The normalized spacial score (nSPS) is 10.2. The van der Waals surface area contributed by atoms with E-state index >= 15 is 0 Å². The van der Waals surface area contributed by atoms with Crippen LogP contribution < -0.4 is 0 Å². The molecular weight excluding hydrogens is 168 g/mol. The summed E-state index contributed by atoms with van der Waals surface area (Å²) in [6.45, 7) is 0. The van der Waals surface area contributed by atoms with Gasteiger partial charge in [-0.15, -0.1) is 4.91 Å². The maximum absolute atomic E-state index is 11.0. The van der Waals surface area contributed by atoms with Gasteiger partial charge >= 0.3 is 5.91 Å². The number of carbonyl (C=O) groups excluding carboxylic acids is 1. The van der Waals surface area contributed by atoms with Gasteiger partial charge in [0.1, 0.15) is 0 Å². The quantitative estimate of drug-likeness (QED) is 0.672. The topological polar surface area (TPSA) is 62.3 Å². The first kappa shape index (κ1) is 7.67. The van der Waals surface area contributed by atoms with Crippen molar-refractivity contribution in [2.75, 3.05) is 0 Å². The molecule has 0 bridgehead atoms. The fourth-order valence-electron chi connectivity index (χ4n) is 1.32. The Kier molecular flexibility index (Phi) is 1.66. The summed E-state index contributed by atoms with van der Waals surface area (Å²) in [6, 6.07) is 6.86. The van der Waals surface area contributed by atoms with Gasteiger partial charge < -0.3 is 4.98 Å². The summed E-state index contributed by atoms with van der Waals surface area (Å²) in [7, 11) is 0. The van der Waals surface area contributed by atoms with Gasteiger partial charge in [-0.1, -0.05) is 6.07 Å². The molecule has 0 spiro atoms. The zero-order valence-corrected chi connectivity index (χ0v) is 6.65. The lowest BCUT2D eigenvalue weighted by Crippen LogP contribution is -1.93. The molecule has 0 radical (unpaired) electrons. The number of aromatic amines is 1. The second kappa shape index (κ2) is 2.82.